The average molecular weight is 564 g/mol. The third-order valence-electron chi connectivity index (χ3n) is 8.26. The van der Waals surface area contributed by atoms with E-state index in [-0.39, 0.29) is 12.5 Å². The van der Waals surface area contributed by atoms with Crippen molar-refractivity contribution in [2.24, 2.45) is 5.92 Å². The summed E-state index contributed by atoms with van der Waals surface area (Å²) in [6.45, 7) is 1.65. The topological polar surface area (TPSA) is 79.0 Å². The van der Waals surface area contributed by atoms with Crippen LogP contribution < -0.4 is 9.62 Å². The van der Waals surface area contributed by atoms with Crippen LogP contribution in [0.25, 0.3) is 0 Å². The van der Waals surface area contributed by atoms with Gasteiger partial charge in [0.1, 0.15) is 6.61 Å². The van der Waals surface area contributed by atoms with Gasteiger partial charge in [0.25, 0.3) is 10.0 Å². The molecule has 40 heavy (non-hydrogen) atoms. The molecule has 2 fully saturated rings. The van der Waals surface area contributed by atoms with Crippen LogP contribution in [0.1, 0.15) is 41.9 Å². The number of fused-ring (bicyclic) bond motifs is 1. The lowest BCUT2D eigenvalue weighted by Gasteiger charge is -2.34. The molecule has 0 spiro atoms. The fourth-order valence-corrected chi connectivity index (χ4v) is 7.40. The fourth-order valence-electron chi connectivity index (χ4n) is 5.87. The largest absolute Gasteiger partial charge is 0.444 e. The highest BCUT2D eigenvalue weighted by Gasteiger charge is 2.40. The van der Waals surface area contributed by atoms with Crippen molar-refractivity contribution in [2.45, 2.75) is 55.4 Å². The summed E-state index contributed by atoms with van der Waals surface area (Å²) in [6.07, 6.45) is 0.798. The Kier molecular flexibility index (Phi) is 7.51. The van der Waals surface area contributed by atoms with Gasteiger partial charge in [-0.1, -0.05) is 60.7 Å². The number of halogens is 1. The van der Waals surface area contributed by atoms with E-state index in [0.29, 0.717) is 49.3 Å². The molecule has 6 rings (SSSR count). The van der Waals surface area contributed by atoms with Crippen LogP contribution in [-0.2, 0) is 27.8 Å². The summed E-state index contributed by atoms with van der Waals surface area (Å²) in [5.74, 6) is 0.533. The van der Waals surface area contributed by atoms with Crippen LogP contribution in [0.3, 0.4) is 0 Å². The quantitative estimate of drug-likeness (QED) is 0.380. The van der Waals surface area contributed by atoms with Gasteiger partial charge in [-0.05, 0) is 66.6 Å². The molecule has 0 radical (unpaired) electrons. The molecule has 9 heteroatoms. The molecule has 0 aromatic heterocycles. The first kappa shape index (κ1) is 26.8. The van der Waals surface area contributed by atoms with Crippen LogP contribution in [0, 0.1) is 5.92 Å². The predicted octanol–water partition coefficient (Wildman–Crippen LogP) is 5.23. The van der Waals surface area contributed by atoms with E-state index in [0.717, 1.165) is 29.7 Å². The lowest BCUT2D eigenvalue weighted by molar-refractivity contribution is 0.00933. The Balaban J connectivity index is 0.982. The van der Waals surface area contributed by atoms with E-state index in [2.05, 4.69) is 11.4 Å². The number of hydrogen-bond acceptors (Lipinski definition) is 5. The zero-order valence-electron chi connectivity index (χ0n) is 22.3. The Bertz CT molecular complexity index is 1450. The van der Waals surface area contributed by atoms with Gasteiger partial charge in [0.05, 0.1) is 10.6 Å². The van der Waals surface area contributed by atoms with Crippen molar-refractivity contribution in [1.82, 2.24) is 10.2 Å². The van der Waals surface area contributed by atoms with Gasteiger partial charge >= 0.3 is 6.09 Å². The van der Waals surface area contributed by atoms with E-state index in [1.54, 1.807) is 24.3 Å². The Labute approximate surface area is 235 Å². The van der Waals surface area contributed by atoms with Gasteiger partial charge in [0, 0.05) is 31.5 Å². The summed E-state index contributed by atoms with van der Waals surface area (Å²) >= 11 is 0. The number of rotatable bonds is 8. The number of likely N-dealkylation sites (tertiary alicyclic amines) is 1. The molecule has 2 aliphatic heterocycles. The summed E-state index contributed by atoms with van der Waals surface area (Å²) in [7, 11) is -3.57. The highest BCUT2D eigenvalue weighted by Crippen LogP contribution is 2.44. The van der Waals surface area contributed by atoms with Crippen LogP contribution in [0.4, 0.5) is 14.9 Å². The Morgan fingerprint density at radius 3 is 2.48 bits per heavy atom. The van der Waals surface area contributed by atoms with E-state index in [9.17, 15) is 17.6 Å². The zero-order chi connectivity index (χ0) is 27.7. The number of amides is 1. The number of nitrogens with zero attached hydrogens (tertiary/aromatic N) is 2. The molecule has 7 nitrogen and oxygen atoms in total. The molecule has 210 valence electrons. The first-order valence-electron chi connectivity index (χ1n) is 14.0. The zero-order valence-corrected chi connectivity index (χ0v) is 23.1. The predicted molar refractivity (Wildman–Crippen MR) is 151 cm³/mol. The number of benzene rings is 3. The first-order valence-corrected chi connectivity index (χ1v) is 15.4. The Morgan fingerprint density at radius 1 is 0.975 bits per heavy atom. The summed E-state index contributed by atoms with van der Waals surface area (Å²) in [6, 6.07) is 24.4. The lowest BCUT2D eigenvalue weighted by Crippen LogP contribution is -2.46. The Morgan fingerprint density at radius 2 is 1.73 bits per heavy atom. The summed E-state index contributed by atoms with van der Waals surface area (Å²) in [5, 5.41) is 3.60. The minimum atomic E-state index is -3.57. The number of hydrogen-bond donors (Lipinski definition) is 1. The summed E-state index contributed by atoms with van der Waals surface area (Å²) in [5.41, 5.74) is 3.92. The van der Waals surface area contributed by atoms with Crippen molar-refractivity contribution in [1.29, 1.82) is 0 Å². The number of piperidine rings is 1. The number of sulfonamides is 1. The van der Waals surface area contributed by atoms with Gasteiger partial charge < -0.3 is 10.1 Å². The third kappa shape index (κ3) is 5.58. The molecule has 0 bridgehead atoms. The smallest absolute Gasteiger partial charge is 0.412 e. The number of alkyl halides is 1. The maximum atomic E-state index is 14.9. The molecular weight excluding hydrogens is 529 g/mol. The first-order chi connectivity index (χ1) is 19.4. The number of ether oxygens (including phenoxy) is 1. The van der Waals surface area contributed by atoms with Crippen LogP contribution in [0.2, 0.25) is 0 Å². The highest BCUT2D eigenvalue weighted by atomic mass is 32.2. The molecule has 1 N–H and O–H groups in total. The van der Waals surface area contributed by atoms with Crippen molar-refractivity contribution in [2.75, 3.05) is 23.9 Å². The van der Waals surface area contributed by atoms with Gasteiger partial charge in [-0.15, -0.1) is 0 Å². The molecular formula is C31H34FN3O4S. The van der Waals surface area contributed by atoms with Crippen LogP contribution in [-0.4, -0.2) is 51.4 Å². The summed E-state index contributed by atoms with van der Waals surface area (Å²) in [4.78, 5) is 13.9. The van der Waals surface area contributed by atoms with Gasteiger partial charge in [-0.2, -0.15) is 0 Å². The fraction of sp³-hybridized carbons (Fsp3) is 0.387. The van der Waals surface area contributed by atoms with E-state index >= 15 is 0 Å². The van der Waals surface area contributed by atoms with E-state index in [1.165, 1.54) is 14.8 Å². The second-order valence-electron chi connectivity index (χ2n) is 10.9. The molecule has 3 aromatic rings. The number of carbonyl (C=O) groups excluding carboxylic acids is 1. The molecule has 1 aliphatic carbocycles. The van der Waals surface area contributed by atoms with E-state index in [1.807, 2.05) is 48.5 Å². The van der Waals surface area contributed by atoms with E-state index in [4.69, 9.17) is 4.74 Å². The molecule has 3 aliphatic rings. The van der Waals surface area contributed by atoms with Gasteiger partial charge in [-0.25, -0.2) is 17.6 Å². The SMILES string of the molecule is O=C(OCc1ccccc1)N1CCC(CN[C@@H]2C[C@H]2c2ccc3c(c2)CCN3S(=O)(=O)c2ccccc2)CC1F. The standard InChI is InChI=1S/C31H34FN3O4S/c32-30-17-23(13-15-34(30)31(36)39-21-22-7-3-1-4-8-22)20-33-28-19-27(28)24-11-12-29-25(18-24)14-16-35(29)40(37,38)26-9-5-2-6-10-26/h1-12,18,23,27-28,30,33H,13-17,19-21H2/t23?,27-,28+,30?/m0/s1. The number of anilines is 1. The summed E-state index contributed by atoms with van der Waals surface area (Å²) < 4.78 is 48.0. The van der Waals surface area contributed by atoms with Crippen LogP contribution in [0.5, 0.6) is 0 Å². The second-order valence-corrected chi connectivity index (χ2v) is 12.8. The maximum Gasteiger partial charge on any atom is 0.412 e. The van der Waals surface area contributed by atoms with E-state index < -0.39 is 22.4 Å². The normalized spacial score (nSPS) is 24.0. The minimum Gasteiger partial charge on any atom is -0.444 e. The molecule has 1 saturated heterocycles. The highest BCUT2D eigenvalue weighted by molar-refractivity contribution is 7.92. The minimum absolute atomic E-state index is 0.139. The second kappa shape index (κ2) is 11.2. The maximum absolute atomic E-state index is 14.9. The number of carbonyl (C=O) groups is 1. The van der Waals surface area contributed by atoms with Crippen molar-refractivity contribution < 1.29 is 22.3 Å². The van der Waals surface area contributed by atoms with Crippen molar-refractivity contribution >= 4 is 21.8 Å². The monoisotopic (exact) mass is 563 g/mol. The average Bonchev–Trinajstić information content (AvgIpc) is 3.63. The molecule has 2 heterocycles. The van der Waals surface area contributed by atoms with Crippen LogP contribution >= 0.6 is 0 Å². The van der Waals surface area contributed by atoms with Crippen molar-refractivity contribution in [3.05, 3.63) is 95.6 Å². The molecule has 1 amide bonds. The van der Waals surface area contributed by atoms with Gasteiger partial charge in [0.15, 0.2) is 6.30 Å². The molecule has 1 saturated carbocycles. The van der Waals surface area contributed by atoms with Crippen molar-refractivity contribution in [3.8, 4) is 0 Å². The molecule has 3 aromatic carbocycles. The third-order valence-corrected chi connectivity index (χ3v) is 10.1. The van der Waals surface area contributed by atoms with Gasteiger partial charge in [-0.3, -0.25) is 9.21 Å². The van der Waals surface area contributed by atoms with Crippen LogP contribution in [0.15, 0.2) is 83.8 Å². The molecule has 4 atom stereocenters. The van der Waals surface area contributed by atoms with Crippen molar-refractivity contribution in [3.63, 3.8) is 0 Å². The van der Waals surface area contributed by atoms with Gasteiger partial charge in [0.2, 0.25) is 0 Å². The Hall–Kier alpha value is -3.43. The molecule has 2 unspecified atom stereocenters. The lowest BCUT2D eigenvalue weighted by atomic mass is 9.96. The number of nitrogens with one attached hydrogen (secondary N) is 1.